The highest BCUT2D eigenvalue weighted by Crippen LogP contribution is 2.33. The van der Waals surface area contributed by atoms with Crippen molar-refractivity contribution < 1.29 is 23.4 Å². The third kappa shape index (κ3) is 4.69. The maximum atomic E-state index is 13.7. The Balaban J connectivity index is 1.34. The van der Waals surface area contributed by atoms with Crippen molar-refractivity contribution in [2.75, 3.05) is 51.1 Å². The first kappa shape index (κ1) is 21.1. The molecule has 168 valence electrons. The molecule has 5 rings (SSSR count). The quantitative estimate of drug-likeness (QED) is 0.542. The highest BCUT2D eigenvalue weighted by Gasteiger charge is 2.22. The van der Waals surface area contributed by atoms with E-state index in [1.165, 1.54) is 23.5 Å². The van der Waals surface area contributed by atoms with Gasteiger partial charge in [-0.1, -0.05) is 17.4 Å². The van der Waals surface area contributed by atoms with Gasteiger partial charge in [-0.05, 0) is 42.3 Å². The van der Waals surface area contributed by atoms with E-state index in [2.05, 4.69) is 9.88 Å². The normalized spacial score (nSPS) is 15.9. The van der Waals surface area contributed by atoms with Crippen molar-refractivity contribution in [1.29, 1.82) is 0 Å². The summed E-state index contributed by atoms with van der Waals surface area (Å²) in [6.07, 6.45) is 1.04. The molecule has 32 heavy (non-hydrogen) atoms. The van der Waals surface area contributed by atoms with Gasteiger partial charge < -0.3 is 14.2 Å². The number of hydrogen-bond donors (Lipinski definition) is 0. The third-order valence-corrected chi connectivity index (χ3v) is 6.66. The zero-order valence-corrected chi connectivity index (χ0v) is 18.4. The summed E-state index contributed by atoms with van der Waals surface area (Å²) in [5, 5.41) is 0.596. The summed E-state index contributed by atoms with van der Waals surface area (Å²) >= 11 is 1.34. The average molecular weight is 458 g/mol. The van der Waals surface area contributed by atoms with Crippen molar-refractivity contribution in [1.82, 2.24) is 9.88 Å². The number of benzene rings is 2. The van der Waals surface area contributed by atoms with Crippen LogP contribution in [0.4, 0.5) is 9.52 Å². The standard InChI is InChI=1S/C23H24FN3O4S/c24-17-3-4-18-21(14-17)32-23(25-18)27(7-1-6-26-8-10-29-11-9-26)22(28)13-16-2-5-19-20(12-16)31-15-30-19/h2-5,12,14H,1,6-11,13,15H2. The summed E-state index contributed by atoms with van der Waals surface area (Å²) in [6, 6.07) is 10.1. The Morgan fingerprint density at radius 2 is 1.97 bits per heavy atom. The third-order valence-electron chi connectivity index (χ3n) is 5.62. The minimum atomic E-state index is -0.307. The molecule has 0 spiro atoms. The van der Waals surface area contributed by atoms with Crippen molar-refractivity contribution >= 4 is 32.6 Å². The largest absolute Gasteiger partial charge is 0.454 e. The van der Waals surface area contributed by atoms with Crippen molar-refractivity contribution in [3.05, 3.63) is 47.8 Å². The number of rotatable bonds is 7. The molecule has 0 N–H and O–H groups in total. The van der Waals surface area contributed by atoms with Crippen molar-refractivity contribution in [3.8, 4) is 11.5 Å². The maximum absolute atomic E-state index is 13.7. The Hall–Kier alpha value is -2.75. The van der Waals surface area contributed by atoms with Gasteiger partial charge in [-0.3, -0.25) is 14.6 Å². The van der Waals surface area contributed by atoms with Crippen LogP contribution in [0.15, 0.2) is 36.4 Å². The maximum Gasteiger partial charge on any atom is 0.233 e. The zero-order chi connectivity index (χ0) is 21.9. The molecule has 1 fully saturated rings. The van der Waals surface area contributed by atoms with Gasteiger partial charge in [0.15, 0.2) is 16.6 Å². The molecule has 2 aliphatic rings. The number of thiazole rings is 1. The van der Waals surface area contributed by atoms with E-state index < -0.39 is 0 Å². The second-order valence-corrected chi connectivity index (χ2v) is 8.83. The summed E-state index contributed by atoms with van der Waals surface area (Å²) in [7, 11) is 0. The Morgan fingerprint density at radius 3 is 2.84 bits per heavy atom. The van der Waals surface area contributed by atoms with E-state index in [4.69, 9.17) is 14.2 Å². The van der Waals surface area contributed by atoms with Gasteiger partial charge >= 0.3 is 0 Å². The first-order valence-corrected chi connectivity index (χ1v) is 11.5. The molecule has 9 heteroatoms. The Bertz CT molecular complexity index is 1120. The van der Waals surface area contributed by atoms with E-state index in [9.17, 15) is 9.18 Å². The van der Waals surface area contributed by atoms with Crippen LogP contribution in [0.2, 0.25) is 0 Å². The lowest BCUT2D eigenvalue weighted by atomic mass is 10.1. The molecule has 0 saturated carbocycles. The number of carbonyl (C=O) groups is 1. The molecule has 2 aromatic carbocycles. The molecule has 1 amide bonds. The molecule has 2 aliphatic heterocycles. The molecule has 3 heterocycles. The summed E-state index contributed by atoms with van der Waals surface area (Å²) < 4.78 is 30.6. The first-order chi connectivity index (χ1) is 15.7. The van der Waals surface area contributed by atoms with Crippen LogP contribution in [0, 0.1) is 5.82 Å². The van der Waals surface area contributed by atoms with Crippen LogP contribution in [0.3, 0.4) is 0 Å². The van der Waals surface area contributed by atoms with Gasteiger partial charge in [0, 0.05) is 26.2 Å². The monoisotopic (exact) mass is 457 g/mol. The van der Waals surface area contributed by atoms with Crippen LogP contribution in [-0.4, -0.2) is 62.0 Å². The molecule has 3 aromatic rings. The summed E-state index contributed by atoms with van der Waals surface area (Å²) in [5.74, 6) is 0.991. The molecular weight excluding hydrogens is 433 g/mol. The fourth-order valence-electron chi connectivity index (χ4n) is 3.93. The lowest BCUT2D eigenvalue weighted by molar-refractivity contribution is -0.118. The average Bonchev–Trinajstić information content (AvgIpc) is 3.43. The van der Waals surface area contributed by atoms with Gasteiger partial charge in [0.25, 0.3) is 0 Å². The number of hydrogen-bond acceptors (Lipinski definition) is 7. The van der Waals surface area contributed by atoms with Crippen LogP contribution < -0.4 is 14.4 Å². The molecule has 0 atom stereocenters. The zero-order valence-electron chi connectivity index (χ0n) is 17.6. The van der Waals surface area contributed by atoms with Gasteiger partial charge in [-0.25, -0.2) is 9.37 Å². The molecule has 0 radical (unpaired) electrons. The summed E-state index contributed by atoms with van der Waals surface area (Å²) in [4.78, 5) is 22.0. The van der Waals surface area contributed by atoms with Gasteiger partial charge in [-0.2, -0.15) is 0 Å². The van der Waals surface area contributed by atoms with Crippen molar-refractivity contribution in [3.63, 3.8) is 0 Å². The first-order valence-electron chi connectivity index (χ1n) is 10.7. The number of halogens is 1. The fraction of sp³-hybridized carbons (Fsp3) is 0.391. The number of nitrogens with zero attached hydrogens (tertiary/aromatic N) is 3. The molecule has 1 aromatic heterocycles. The minimum Gasteiger partial charge on any atom is -0.454 e. The molecule has 0 aliphatic carbocycles. The van der Waals surface area contributed by atoms with Crippen molar-refractivity contribution in [2.24, 2.45) is 0 Å². The molecule has 1 saturated heterocycles. The van der Waals surface area contributed by atoms with E-state index in [0.29, 0.717) is 28.7 Å². The number of morpholine rings is 1. The number of amides is 1. The SMILES string of the molecule is O=C(Cc1ccc2c(c1)OCO2)N(CCCN1CCOCC1)c1nc2ccc(F)cc2s1. The topological polar surface area (TPSA) is 64.1 Å². The highest BCUT2D eigenvalue weighted by molar-refractivity contribution is 7.22. The number of ether oxygens (including phenoxy) is 3. The van der Waals surface area contributed by atoms with Crippen LogP contribution >= 0.6 is 11.3 Å². The van der Waals surface area contributed by atoms with E-state index >= 15 is 0 Å². The van der Waals surface area contributed by atoms with Crippen LogP contribution in [0.5, 0.6) is 11.5 Å². The van der Waals surface area contributed by atoms with E-state index in [1.807, 2.05) is 18.2 Å². The summed E-state index contributed by atoms with van der Waals surface area (Å²) in [5.41, 5.74) is 1.55. The highest BCUT2D eigenvalue weighted by atomic mass is 32.1. The van der Waals surface area contributed by atoms with Crippen molar-refractivity contribution in [2.45, 2.75) is 12.8 Å². The fourth-order valence-corrected chi connectivity index (χ4v) is 4.96. The van der Waals surface area contributed by atoms with Crippen LogP contribution in [0.25, 0.3) is 10.2 Å². The number of aromatic nitrogens is 1. The van der Waals surface area contributed by atoms with E-state index in [0.717, 1.165) is 49.5 Å². The lowest BCUT2D eigenvalue weighted by Crippen LogP contribution is -2.39. The lowest BCUT2D eigenvalue weighted by Gasteiger charge is -2.27. The number of carbonyl (C=O) groups excluding carboxylic acids is 1. The molecule has 7 nitrogen and oxygen atoms in total. The molecule has 0 unspecified atom stereocenters. The second-order valence-electron chi connectivity index (χ2n) is 7.83. The Morgan fingerprint density at radius 1 is 1.12 bits per heavy atom. The van der Waals surface area contributed by atoms with Gasteiger partial charge in [0.05, 0.1) is 29.9 Å². The van der Waals surface area contributed by atoms with Gasteiger partial charge in [0.2, 0.25) is 12.7 Å². The summed E-state index contributed by atoms with van der Waals surface area (Å²) in [6.45, 7) is 4.94. The number of anilines is 1. The van der Waals surface area contributed by atoms with Crippen LogP contribution in [0.1, 0.15) is 12.0 Å². The smallest absolute Gasteiger partial charge is 0.233 e. The minimum absolute atomic E-state index is 0.0506. The van der Waals surface area contributed by atoms with Gasteiger partial charge in [0.1, 0.15) is 5.82 Å². The van der Waals surface area contributed by atoms with Gasteiger partial charge in [-0.15, -0.1) is 0 Å². The van der Waals surface area contributed by atoms with E-state index in [-0.39, 0.29) is 24.9 Å². The predicted octanol–water partition coefficient (Wildman–Crippen LogP) is 3.46. The Kier molecular flexibility index (Phi) is 6.20. The van der Waals surface area contributed by atoms with Crippen LogP contribution in [-0.2, 0) is 16.0 Å². The molecular formula is C23H24FN3O4S. The number of fused-ring (bicyclic) bond motifs is 2. The second kappa shape index (κ2) is 9.40. The molecule has 0 bridgehead atoms. The predicted molar refractivity (Wildman–Crippen MR) is 120 cm³/mol. The Labute approximate surface area is 189 Å². The van der Waals surface area contributed by atoms with E-state index in [1.54, 1.807) is 11.0 Å².